The van der Waals surface area contributed by atoms with Gasteiger partial charge in [-0.2, -0.15) is 0 Å². The predicted octanol–water partition coefficient (Wildman–Crippen LogP) is 2.07. The van der Waals surface area contributed by atoms with Crippen molar-refractivity contribution in [1.82, 2.24) is 4.98 Å². The van der Waals surface area contributed by atoms with Crippen molar-refractivity contribution >= 4 is 17.3 Å². The Bertz CT molecular complexity index is 400. The molecule has 0 atom stereocenters. The highest BCUT2D eigenvalue weighted by molar-refractivity contribution is 6.33. The first-order chi connectivity index (χ1) is 6.99. The number of hydrogen-bond acceptors (Lipinski definition) is 4. The summed E-state index contributed by atoms with van der Waals surface area (Å²) in [4.78, 5) is 12.7. The fourth-order valence-electron chi connectivity index (χ4n) is 0.998. The van der Waals surface area contributed by atoms with Crippen LogP contribution in [0.4, 0.5) is 14.5 Å². The van der Waals surface area contributed by atoms with Crippen LogP contribution >= 0.6 is 11.6 Å². The summed E-state index contributed by atoms with van der Waals surface area (Å²) in [6.45, 7) is -0.826. The molecule has 0 bridgehead atoms. The van der Waals surface area contributed by atoms with E-state index in [0.29, 0.717) is 6.20 Å². The summed E-state index contributed by atoms with van der Waals surface area (Å²) in [7, 11) is 0. The minimum Gasteiger partial charge on any atom is -0.392 e. The first-order valence-electron chi connectivity index (χ1n) is 3.69. The van der Waals surface area contributed by atoms with Crippen molar-refractivity contribution in [2.45, 2.75) is 13.0 Å². The Hall–Kier alpha value is -1.34. The smallest absolute Gasteiger partial charge is 0.306 e. The van der Waals surface area contributed by atoms with Crippen molar-refractivity contribution in [1.29, 1.82) is 0 Å². The Labute approximate surface area is 87.5 Å². The first-order valence-corrected chi connectivity index (χ1v) is 4.07. The largest absolute Gasteiger partial charge is 0.392 e. The van der Waals surface area contributed by atoms with Gasteiger partial charge < -0.3 is 5.11 Å². The Balaban J connectivity index is 3.39. The molecule has 0 amide bonds. The van der Waals surface area contributed by atoms with Gasteiger partial charge >= 0.3 is 5.69 Å². The summed E-state index contributed by atoms with van der Waals surface area (Å²) in [6, 6.07) is 0. The van der Waals surface area contributed by atoms with E-state index in [4.69, 9.17) is 16.7 Å². The van der Waals surface area contributed by atoms with Crippen LogP contribution in [0.15, 0.2) is 6.20 Å². The Morgan fingerprint density at radius 2 is 2.27 bits per heavy atom. The first kappa shape index (κ1) is 11.7. The minimum absolute atomic E-state index is 0.416. The molecule has 1 heterocycles. The van der Waals surface area contributed by atoms with Gasteiger partial charge in [0, 0.05) is 5.56 Å². The van der Waals surface area contributed by atoms with Crippen LogP contribution in [-0.2, 0) is 6.61 Å². The van der Waals surface area contributed by atoms with E-state index >= 15 is 0 Å². The summed E-state index contributed by atoms with van der Waals surface area (Å²) < 4.78 is 24.7. The van der Waals surface area contributed by atoms with Gasteiger partial charge in [-0.15, -0.1) is 0 Å². The van der Waals surface area contributed by atoms with Crippen LogP contribution in [0.3, 0.4) is 0 Å². The average Bonchev–Trinajstić information content (AvgIpc) is 2.16. The molecule has 8 heteroatoms. The van der Waals surface area contributed by atoms with Gasteiger partial charge in [0.15, 0.2) is 0 Å². The lowest BCUT2D eigenvalue weighted by molar-refractivity contribution is -0.385. The molecule has 1 rings (SSSR count). The number of nitrogens with zero attached hydrogens (tertiary/aromatic N) is 2. The van der Waals surface area contributed by atoms with Gasteiger partial charge in [0.25, 0.3) is 6.43 Å². The van der Waals surface area contributed by atoms with E-state index < -0.39 is 39.9 Å². The van der Waals surface area contributed by atoms with Crippen molar-refractivity contribution < 1.29 is 18.8 Å². The molecule has 0 aliphatic carbocycles. The second kappa shape index (κ2) is 4.45. The number of aromatic nitrogens is 1. The number of pyridine rings is 1. The Morgan fingerprint density at radius 3 is 2.67 bits per heavy atom. The second-order valence-electron chi connectivity index (χ2n) is 2.54. The van der Waals surface area contributed by atoms with E-state index in [9.17, 15) is 18.9 Å². The monoisotopic (exact) mass is 238 g/mol. The number of halogens is 3. The molecule has 15 heavy (non-hydrogen) atoms. The van der Waals surface area contributed by atoms with E-state index in [-0.39, 0.29) is 0 Å². The highest BCUT2D eigenvalue weighted by atomic mass is 35.5. The number of aliphatic hydroxyl groups excluding tert-OH is 1. The van der Waals surface area contributed by atoms with Crippen LogP contribution < -0.4 is 0 Å². The number of hydrogen-bond donors (Lipinski definition) is 1. The molecule has 1 N–H and O–H groups in total. The van der Waals surface area contributed by atoms with Gasteiger partial charge in [-0.05, 0) is 0 Å². The van der Waals surface area contributed by atoms with E-state index in [0.717, 1.165) is 0 Å². The molecule has 0 saturated heterocycles. The number of rotatable bonds is 3. The quantitative estimate of drug-likeness (QED) is 0.646. The minimum atomic E-state index is -2.94. The molecule has 5 nitrogen and oxygen atoms in total. The molecule has 82 valence electrons. The molecule has 0 fully saturated rings. The molecular weight excluding hydrogens is 234 g/mol. The Morgan fingerprint density at radius 1 is 1.67 bits per heavy atom. The van der Waals surface area contributed by atoms with Crippen LogP contribution in [0.5, 0.6) is 0 Å². The molecule has 1 aromatic rings. The molecule has 0 unspecified atom stereocenters. The highest BCUT2D eigenvalue weighted by Crippen LogP contribution is 2.32. The molecule has 0 radical (unpaired) electrons. The van der Waals surface area contributed by atoms with Gasteiger partial charge in [0.2, 0.25) is 0 Å². The SMILES string of the molecule is O=[N+]([O-])c1cnc(C(F)F)c(CO)c1Cl. The van der Waals surface area contributed by atoms with Crippen molar-refractivity contribution in [2.75, 3.05) is 0 Å². The summed E-state index contributed by atoms with van der Waals surface area (Å²) in [5, 5.41) is 18.7. The van der Waals surface area contributed by atoms with Crippen LogP contribution in [0.25, 0.3) is 0 Å². The number of nitro groups is 1. The number of alkyl halides is 2. The van der Waals surface area contributed by atoms with Crippen molar-refractivity contribution in [3.63, 3.8) is 0 Å². The van der Waals surface area contributed by atoms with Crippen molar-refractivity contribution in [3.05, 3.63) is 32.6 Å². The zero-order valence-corrected chi connectivity index (χ0v) is 7.91. The van der Waals surface area contributed by atoms with E-state index in [1.165, 1.54) is 0 Å². The highest BCUT2D eigenvalue weighted by Gasteiger charge is 2.24. The fourth-order valence-corrected chi connectivity index (χ4v) is 1.27. The maximum atomic E-state index is 12.3. The summed E-state index contributed by atoms with van der Waals surface area (Å²) >= 11 is 5.48. The van der Waals surface area contributed by atoms with E-state index in [2.05, 4.69) is 4.98 Å². The predicted molar refractivity (Wildman–Crippen MR) is 46.8 cm³/mol. The lowest BCUT2D eigenvalue weighted by Gasteiger charge is -2.06. The molecule has 0 aliphatic rings. The van der Waals surface area contributed by atoms with Gasteiger partial charge in [-0.25, -0.2) is 13.8 Å². The third-order valence-corrected chi connectivity index (χ3v) is 2.11. The molecule has 0 aliphatic heterocycles. The zero-order chi connectivity index (χ0) is 11.6. The lowest BCUT2D eigenvalue weighted by Crippen LogP contribution is -2.02. The van der Waals surface area contributed by atoms with Gasteiger partial charge in [-0.3, -0.25) is 10.1 Å². The summed E-state index contributed by atoms with van der Waals surface area (Å²) in [6.07, 6.45) is -2.30. The van der Waals surface area contributed by atoms with Crippen LogP contribution in [0.1, 0.15) is 17.7 Å². The maximum Gasteiger partial charge on any atom is 0.306 e. The van der Waals surface area contributed by atoms with Crippen molar-refractivity contribution in [3.8, 4) is 0 Å². The van der Waals surface area contributed by atoms with E-state index in [1.807, 2.05) is 0 Å². The third kappa shape index (κ3) is 2.18. The van der Waals surface area contributed by atoms with Gasteiger partial charge in [0.05, 0.1) is 11.5 Å². The molecule has 0 spiro atoms. The topological polar surface area (TPSA) is 76.3 Å². The summed E-state index contributed by atoms with van der Waals surface area (Å²) in [5.74, 6) is 0. The normalized spacial score (nSPS) is 10.7. The van der Waals surface area contributed by atoms with Crippen LogP contribution in [0.2, 0.25) is 5.02 Å². The van der Waals surface area contributed by atoms with Gasteiger partial charge in [0.1, 0.15) is 16.9 Å². The van der Waals surface area contributed by atoms with Crippen LogP contribution in [0, 0.1) is 10.1 Å². The lowest BCUT2D eigenvalue weighted by atomic mass is 10.2. The third-order valence-electron chi connectivity index (χ3n) is 1.69. The second-order valence-corrected chi connectivity index (χ2v) is 2.92. The maximum absolute atomic E-state index is 12.3. The van der Waals surface area contributed by atoms with Gasteiger partial charge in [-0.1, -0.05) is 11.6 Å². The fraction of sp³-hybridized carbons (Fsp3) is 0.286. The van der Waals surface area contributed by atoms with E-state index in [1.54, 1.807) is 0 Å². The standard InChI is InChI=1S/C7H5ClF2N2O3/c8-5-3(2-13)6(7(9)10)11-1-4(5)12(14)15/h1,7,13H,2H2. The molecule has 0 saturated carbocycles. The zero-order valence-electron chi connectivity index (χ0n) is 7.15. The molecule has 0 aromatic carbocycles. The average molecular weight is 239 g/mol. The molecule has 1 aromatic heterocycles. The van der Waals surface area contributed by atoms with Crippen LogP contribution in [-0.4, -0.2) is 15.0 Å². The summed E-state index contributed by atoms with van der Waals surface area (Å²) in [5.41, 5.74) is -1.76. The molecular formula is C7H5ClF2N2O3. The van der Waals surface area contributed by atoms with Crippen molar-refractivity contribution in [2.24, 2.45) is 0 Å². The Kier molecular flexibility index (Phi) is 3.48. The number of aliphatic hydroxyl groups is 1.